The molecule has 0 spiro atoms. The number of benzene rings is 3. The predicted octanol–water partition coefficient (Wildman–Crippen LogP) is 5.03. The Morgan fingerprint density at radius 3 is 1.03 bits per heavy atom. The van der Waals surface area contributed by atoms with Gasteiger partial charge in [-0.05, 0) is 53.1 Å². The van der Waals surface area contributed by atoms with E-state index >= 15 is 0 Å². The standard InChI is InChI=1S/C26H30O7/c1-27-15-18-10-25(32-16-19-6-21(28-2)12-22(7-19)29-3)14-26(11-18)33-17-20-8-23(30-4)13-24(9-20)31-5/h6-14H,15-17H2,1-5H3. The van der Waals surface area contributed by atoms with Gasteiger partial charge in [-0.1, -0.05) is 0 Å². The second-order valence-corrected chi connectivity index (χ2v) is 7.26. The minimum Gasteiger partial charge on any atom is -0.497 e. The van der Waals surface area contributed by atoms with Crippen LogP contribution < -0.4 is 28.4 Å². The van der Waals surface area contributed by atoms with Crippen LogP contribution in [0.3, 0.4) is 0 Å². The molecule has 3 rings (SSSR count). The number of ether oxygens (including phenoxy) is 7. The maximum absolute atomic E-state index is 6.06. The second kappa shape index (κ2) is 11.9. The first-order chi connectivity index (χ1) is 16.1. The molecule has 0 atom stereocenters. The molecule has 0 aromatic heterocycles. The van der Waals surface area contributed by atoms with Gasteiger partial charge in [0.1, 0.15) is 47.7 Å². The predicted molar refractivity (Wildman–Crippen MR) is 125 cm³/mol. The van der Waals surface area contributed by atoms with Crippen molar-refractivity contribution in [1.29, 1.82) is 0 Å². The van der Waals surface area contributed by atoms with Crippen LogP contribution in [0.2, 0.25) is 0 Å². The van der Waals surface area contributed by atoms with E-state index in [2.05, 4.69) is 0 Å². The molecule has 0 radical (unpaired) electrons. The summed E-state index contributed by atoms with van der Waals surface area (Å²) in [7, 11) is 8.13. The van der Waals surface area contributed by atoms with Crippen LogP contribution in [-0.4, -0.2) is 35.5 Å². The smallest absolute Gasteiger partial charge is 0.123 e. The van der Waals surface area contributed by atoms with Crippen LogP contribution in [0.1, 0.15) is 16.7 Å². The van der Waals surface area contributed by atoms with E-state index < -0.39 is 0 Å². The molecule has 7 heteroatoms. The highest BCUT2D eigenvalue weighted by Gasteiger charge is 2.08. The summed E-state index contributed by atoms with van der Waals surface area (Å²) < 4.78 is 38.8. The monoisotopic (exact) mass is 454 g/mol. The minimum atomic E-state index is 0.344. The molecule has 0 saturated heterocycles. The molecule has 0 N–H and O–H groups in total. The van der Waals surface area contributed by atoms with Crippen LogP contribution in [0.4, 0.5) is 0 Å². The SMILES string of the molecule is COCc1cc(OCc2cc(OC)cc(OC)c2)cc(OCc2cc(OC)cc(OC)c2)c1. The van der Waals surface area contributed by atoms with Crippen LogP contribution >= 0.6 is 0 Å². The molecule has 0 saturated carbocycles. The molecule has 0 aliphatic carbocycles. The van der Waals surface area contributed by atoms with E-state index in [4.69, 9.17) is 33.2 Å². The van der Waals surface area contributed by atoms with E-state index in [0.29, 0.717) is 54.3 Å². The quantitative estimate of drug-likeness (QED) is 0.380. The number of methoxy groups -OCH3 is 5. The van der Waals surface area contributed by atoms with Gasteiger partial charge >= 0.3 is 0 Å². The molecule has 0 bridgehead atoms. The molecule has 0 heterocycles. The number of hydrogen-bond acceptors (Lipinski definition) is 7. The van der Waals surface area contributed by atoms with Crippen LogP contribution in [-0.2, 0) is 24.6 Å². The lowest BCUT2D eigenvalue weighted by Gasteiger charge is -2.14. The summed E-state index contributed by atoms with van der Waals surface area (Å²) in [4.78, 5) is 0. The Kier molecular flexibility index (Phi) is 8.66. The highest BCUT2D eigenvalue weighted by Crippen LogP contribution is 2.28. The van der Waals surface area contributed by atoms with E-state index in [1.807, 2.05) is 54.6 Å². The molecular formula is C26H30O7. The maximum atomic E-state index is 6.06. The van der Waals surface area contributed by atoms with Crippen molar-refractivity contribution in [2.75, 3.05) is 35.5 Å². The maximum Gasteiger partial charge on any atom is 0.123 e. The van der Waals surface area contributed by atoms with Crippen LogP contribution in [0.25, 0.3) is 0 Å². The van der Waals surface area contributed by atoms with Crippen molar-refractivity contribution < 1.29 is 33.2 Å². The zero-order chi connectivity index (χ0) is 23.6. The van der Waals surface area contributed by atoms with Gasteiger partial charge in [0.2, 0.25) is 0 Å². The van der Waals surface area contributed by atoms with Gasteiger partial charge in [-0.15, -0.1) is 0 Å². The Labute approximate surface area is 194 Å². The van der Waals surface area contributed by atoms with E-state index in [9.17, 15) is 0 Å². The Morgan fingerprint density at radius 1 is 0.394 bits per heavy atom. The summed E-state index contributed by atoms with van der Waals surface area (Å²) in [6.07, 6.45) is 0. The lowest BCUT2D eigenvalue weighted by atomic mass is 10.2. The summed E-state index contributed by atoms with van der Waals surface area (Å²) in [6.45, 7) is 1.13. The summed E-state index contributed by atoms with van der Waals surface area (Å²) >= 11 is 0. The largest absolute Gasteiger partial charge is 0.497 e. The first-order valence-corrected chi connectivity index (χ1v) is 10.4. The first-order valence-electron chi connectivity index (χ1n) is 10.4. The third kappa shape index (κ3) is 6.95. The van der Waals surface area contributed by atoms with Crippen molar-refractivity contribution in [2.24, 2.45) is 0 Å². The minimum absolute atomic E-state index is 0.344. The van der Waals surface area contributed by atoms with E-state index in [1.54, 1.807) is 35.5 Å². The van der Waals surface area contributed by atoms with Crippen LogP contribution in [0, 0.1) is 0 Å². The molecule has 3 aromatic carbocycles. The Bertz CT molecular complexity index is 927. The highest BCUT2D eigenvalue weighted by molar-refractivity contribution is 5.41. The lowest BCUT2D eigenvalue weighted by molar-refractivity contribution is 0.183. The summed E-state index contributed by atoms with van der Waals surface area (Å²) in [5.41, 5.74) is 2.79. The average Bonchev–Trinajstić information content (AvgIpc) is 2.85. The van der Waals surface area contributed by atoms with Gasteiger partial charge in [0, 0.05) is 25.3 Å². The zero-order valence-electron chi connectivity index (χ0n) is 19.7. The van der Waals surface area contributed by atoms with Crippen molar-refractivity contribution in [3.05, 3.63) is 71.3 Å². The van der Waals surface area contributed by atoms with Crippen molar-refractivity contribution in [3.63, 3.8) is 0 Å². The highest BCUT2D eigenvalue weighted by atomic mass is 16.5. The molecule has 7 nitrogen and oxygen atoms in total. The summed E-state index contributed by atoms with van der Waals surface area (Å²) in [5, 5.41) is 0. The third-order valence-electron chi connectivity index (χ3n) is 4.88. The zero-order valence-corrected chi connectivity index (χ0v) is 19.7. The normalized spacial score (nSPS) is 10.5. The average molecular weight is 455 g/mol. The Morgan fingerprint density at radius 2 is 0.697 bits per heavy atom. The van der Waals surface area contributed by atoms with Gasteiger partial charge < -0.3 is 33.2 Å². The first kappa shape index (κ1) is 24.1. The van der Waals surface area contributed by atoms with Crippen molar-refractivity contribution >= 4 is 0 Å². The Balaban J connectivity index is 1.76. The summed E-state index contributed by atoms with van der Waals surface area (Å²) in [6, 6.07) is 17.0. The Hall–Kier alpha value is -3.58. The van der Waals surface area contributed by atoms with Gasteiger partial charge in [-0.3, -0.25) is 0 Å². The van der Waals surface area contributed by atoms with Gasteiger partial charge in [-0.25, -0.2) is 0 Å². The van der Waals surface area contributed by atoms with Crippen molar-refractivity contribution in [1.82, 2.24) is 0 Å². The van der Waals surface area contributed by atoms with Crippen LogP contribution in [0.5, 0.6) is 34.5 Å². The summed E-state index contributed by atoms with van der Waals surface area (Å²) in [5.74, 6) is 4.17. The van der Waals surface area contributed by atoms with Gasteiger partial charge in [0.25, 0.3) is 0 Å². The topological polar surface area (TPSA) is 64.6 Å². The fourth-order valence-corrected chi connectivity index (χ4v) is 3.28. The lowest BCUT2D eigenvalue weighted by Crippen LogP contribution is -2.01. The van der Waals surface area contributed by atoms with Gasteiger partial charge in [0.05, 0.1) is 35.0 Å². The van der Waals surface area contributed by atoms with Crippen molar-refractivity contribution in [3.8, 4) is 34.5 Å². The fraction of sp³-hybridized carbons (Fsp3) is 0.308. The molecule has 0 amide bonds. The van der Waals surface area contributed by atoms with Crippen LogP contribution in [0.15, 0.2) is 54.6 Å². The second-order valence-electron chi connectivity index (χ2n) is 7.26. The van der Waals surface area contributed by atoms with E-state index in [1.165, 1.54) is 0 Å². The molecule has 3 aromatic rings. The van der Waals surface area contributed by atoms with Gasteiger partial charge in [-0.2, -0.15) is 0 Å². The van der Waals surface area contributed by atoms with Gasteiger partial charge in [0.15, 0.2) is 0 Å². The van der Waals surface area contributed by atoms with E-state index in [-0.39, 0.29) is 0 Å². The molecular weight excluding hydrogens is 424 g/mol. The van der Waals surface area contributed by atoms with E-state index in [0.717, 1.165) is 16.7 Å². The fourth-order valence-electron chi connectivity index (χ4n) is 3.28. The molecule has 0 fully saturated rings. The molecule has 176 valence electrons. The molecule has 33 heavy (non-hydrogen) atoms. The number of rotatable bonds is 12. The molecule has 0 aliphatic heterocycles. The third-order valence-corrected chi connectivity index (χ3v) is 4.88. The molecule has 0 aliphatic rings. The number of hydrogen-bond donors (Lipinski definition) is 0. The van der Waals surface area contributed by atoms with Crippen molar-refractivity contribution in [2.45, 2.75) is 19.8 Å². The molecule has 0 unspecified atom stereocenters.